The van der Waals surface area contributed by atoms with Crippen LogP contribution in [0.3, 0.4) is 0 Å². The number of benzene rings is 1. The Morgan fingerprint density at radius 3 is 2.40 bits per heavy atom. The van der Waals surface area contributed by atoms with Gasteiger partial charge in [-0.25, -0.2) is 0 Å². The summed E-state index contributed by atoms with van der Waals surface area (Å²) in [5.74, 6) is -0.849. The van der Waals surface area contributed by atoms with Gasteiger partial charge >= 0.3 is 0 Å². The third-order valence-electron chi connectivity index (χ3n) is 7.32. The van der Waals surface area contributed by atoms with Crippen molar-refractivity contribution >= 4 is 23.4 Å². The highest BCUT2D eigenvalue weighted by molar-refractivity contribution is 6.01. The molecule has 0 bridgehead atoms. The average Bonchev–Trinajstić information content (AvgIpc) is 3.09. The van der Waals surface area contributed by atoms with E-state index in [9.17, 15) is 14.4 Å². The van der Waals surface area contributed by atoms with Crippen molar-refractivity contribution < 1.29 is 14.4 Å². The maximum Gasteiger partial charge on any atom is 0.272 e. The number of carbonyl (C=O) groups excluding carboxylic acids is 3. The van der Waals surface area contributed by atoms with Gasteiger partial charge in [-0.1, -0.05) is 37.8 Å². The molecule has 1 atom stereocenters. The Kier molecular flexibility index (Phi) is 7.14. The lowest BCUT2D eigenvalue weighted by Crippen LogP contribution is -2.63. The van der Waals surface area contributed by atoms with E-state index in [1.54, 1.807) is 14.0 Å². The summed E-state index contributed by atoms with van der Waals surface area (Å²) >= 11 is 0. The lowest BCUT2D eigenvalue weighted by atomic mass is 9.95. The van der Waals surface area contributed by atoms with E-state index in [-0.39, 0.29) is 36.0 Å². The Morgan fingerprint density at radius 2 is 1.77 bits per heavy atom. The molecule has 2 aliphatic rings. The van der Waals surface area contributed by atoms with Gasteiger partial charge in [0.1, 0.15) is 11.2 Å². The Bertz CT molecular complexity index is 1090. The van der Waals surface area contributed by atoms with E-state index in [0.717, 1.165) is 36.9 Å². The normalized spacial score (nSPS) is 20.7. The fourth-order valence-corrected chi connectivity index (χ4v) is 4.79. The summed E-state index contributed by atoms with van der Waals surface area (Å²) < 4.78 is 1.50. The van der Waals surface area contributed by atoms with Crippen molar-refractivity contribution in [2.75, 3.05) is 26.0 Å². The lowest BCUT2D eigenvalue weighted by Gasteiger charge is -2.41. The zero-order valence-electron chi connectivity index (χ0n) is 21.1. The SMILES string of the molecule is CN(C)c1ccc(CNC(=O)c2cc3n(n2)C[C@@](C)(C(=O)NC2CCCCCC2)N(C)C3=O)cc1. The highest BCUT2D eigenvalue weighted by atomic mass is 16.2. The van der Waals surface area contributed by atoms with Crippen LogP contribution in [0.15, 0.2) is 30.3 Å². The molecular formula is C26H36N6O3. The number of hydrogen-bond acceptors (Lipinski definition) is 5. The maximum atomic E-state index is 13.3. The Morgan fingerprint density at radius 1 is 1.11 bits per heavy atom. The van der Waals surface area contributed by atoms with Gasteiger partial charge in [0.2, 0.25) is 5.91 Å². The monoisotopic (exact) mass is 480 g/mol. The molecule has 1 aromatic carbocycles. The number of aromatic nitrogens is 2. The number of carbonyl (C=O) groups is 3. The molecule has 2 N–H and O–H groups in total. The Balaban J connectivity index is 1.44. The van der Waals surface area contributed by atoms with Crippen LogP contribution in [0.2, 0.25) is 0 Å². The minimum absolute atomic E-state index is 0.137. The van der Waals surface area contributed by atoms with Gasteiger partial charge in [-0.15, -0.1) is 0 Å². The van der Waals surface area contributed by atoms with Gasteiger partial charge in [0, 0.05) is 45.5 Å². The molecule has 0 unspecified atom stereocenters. The molecule has 9 heteroatoms. The van der Waals surface area contributed by atoms with Gasteiger partial charge < -0.3 is 20.4 Å². The van der Waals surface area contributed by atoms with Gasteiger partial charge in [0.05, 0.1) is 6.54 Å². The minimum atomic E-state index is -1.08. The fraction of sp³-hybridized carbons (Fsp3) is 0.538. The van der Waals surface area contributed by atoms with E-state index in [4.69, 9.17) is 0 Å². The molecule has 0 spiro atoms. The van der Waals surface area contributed by atoms with Crippen LogP contribution < -0.4 is 15.5 Å². The predicted octanol–water partition coefficient (Wildman–Crippen LogP) is 2.56. The van der Waals surface area contributed by atoms with Crippen LogP contribution >= 0.6 is 0 Å². The van der Waals surface area contributed by atoms with Crippen molar-refractivity contribution in [2.24, 2.45) is 0 Å². The van der Waals surface area contributed by atoms with Crippen LogP contribution in [0.5, 0.6) is 0 Å². The van der Waals surface area contributed by atoms with Crippen LogP contribution in [0.4, 0.5) is 5.69 Å². The second-order valence-corrected chi connectivity index (χ2v) is 10.1. The molecule has 0 radical (unpaired) electrons. The van der Waals surface area contributed by atoms with Crippen molar-refractivity contribution in [1.29, 1.82) is 0 Å². The van der Waals surface area contributed by atoms with Crippen molar-refractivity contribution in [1.82, 2.24) is 25.3 Å². The third kappa shape index (κ3) is 5.18. The van der Waals surface area contributed by atoms with E-state index < -0.39 is 5.54 Å². The van der Waals surface area contributed by atoms with Crippen molar-refractivity contribution in [3.05, 3.63) is 47.3 Å². The van der Waals surface area contributed by atoms with E-state index in [2.05, 4.69) is 15.7 Å². The number of hydrogen-bond donors (Lipinski definition) is 2. The van der Waals surface area contributed by atoms with Gasteiger partial charge in [0.15, 0.2) is 5.69 Å². The quantitative estimate of drug-likeness (QED) is 0.619. The topological polar surface area (TPSA) is 99.6 Å². The number of likely N-dealkylation sites (N-methyl/N-ethyl adjacent to an activating group) is 1. The predicted molar refractivity (Wildman–Crippen MR) is 134 cm³/mol. The van der Waals surface area contributed by atoms with Crippen LogP contribution in [-0.4, -0.2) is 65.1 Å². The summed E-state index contributed by atoms with van der Waals surface area (Å²) in [4.78, 5) is 42.7. The molecule has 2 heterocycles. The number of nitrogens with one attached hydrogen (secondary N) is 2. The second kappa shape index (κ2) is 10.1. The summed E-state index contributed by atoms with van der Waals surface area (Å²) in [5, 5.41) is 10.4. The number of rotatable bonds is 6. The maximum absolute atomic E-state index is 13.3. The van der Waals surface area contributed by atoms with Gasteiger partial charge in [-0.05, 0) is 37.5 Å². The van der Waals surface area contributed by atoms with Crippen LogP contribution in [0.1, 0.15) is 72.0 Å². The van der Waals surface area contributed by atoms with Crippen LogP contribution in [-0.2, 0) is 17.9 Å². The molecule has 35 heavy (non-hydrogen) atoms. The molecule has 4 rings (SSSR count). The molecule has 3 amide bonds. The molecule has 0 saturated heterocycles. The number of amides is 3. The van der Waals surface area contributed by atoms with E-state index >= 15 is 0 Å². The van der Waals surface area contributed by atoms with Crippen molar-refractivity contribution in [3.63, 3.8) is 0 Å². The summed E-state index contributed by atoms with van der Waals surface area (Å²) in [6.07, 6.45) is 6.55. The summed E-state index contributed by atoms with van der Waals surface area (Å²) in [6, 6.07) is 9.55. The number of fused-ring (bicyclic) bond motifs is 1. The molecule has 9 nitrogen and oxygen atoms in total. The van der Waals surface area contributed by atoms with E-state index in [1.807, 2.05) is 43.3 Å². The standard InChI is InChI=1S/C26H36N6O3/c1-26(25(35)28-19-9-7-5-6-8-10-19)17-32-22(24(34)31(26)4)15-21(29-32)23(33)27-16-18-11-13-20(14-12-18)30(2)3/h11-15,19H,5-10,16-17H2,1-4H3,(H,27,33)(H,28,35)/t26-/m0/s1. The molecule has 1 aliphatic heterocycles. The summed E-state index contributed by atoms with van der Waals surface area (Å²) in [6.45, 7) is 2.31. The van der Waals surface area contributed by atoms with Crippen LogP contribution in [0, 0.1) is 0 Å². The Labute approximate surface area is 206 Å². The molecular weight excluding hydrogens is 444 g/mol. The largest absolute Gasteiger partial charge is 0.378 e. The minimum Gasteiger partial charge on any atom is -0.378 e. The molecule has 1 saturated carbocycles. The Hall–Kier alpha value is -3.36. The van der Waals surface area contributed by atoms with E-state index in [0.29, 0.717) is 12.2 Å². The van der Waals surface area contributed by atoms with Gasteiger partial charge in [-0.3, -0.25) is 19.1 Å². The van der Waals surface area contributed by atoms with Gasteiger partial charge in [-0.2, -0.15) is 5.10 Å². The smallest absolute Gasteiger partial charge is 0.272 e. The first-order chi connectivity index (χ1) is 16.7. The molecule has 188 valence electrons. The van der Waals surface area contributed by atoms with Crippen molar-refractivity contribution in [2.45, 2.75) is 70.1 Å². The zero-order valence-corrected chi connectivity index (χ0v) is 21.1. The van der Waals surface area contributed by atoms with Crippen molar-refractivity contribution in [3.8, 4) is 0 Å². The molecule has 1 aliphatic carbocycles. The third-order valence-corrected chi connectivity index (χ3v) is 7.32. The first-order valence-corrected chi connectivity index (χ1v) is 12.4. The molecule has 1 aromatic heterocycles. The lowest BCUT2D eigenvalue weighted by molar-refractivity contribution is -0.133. The zero-order chi connectivity index (χ0) is 25.2. The molecule has 2 aromatic rings. The summed E-state index contributed by atoms with van der Waals surface area (Å²) in [5.41, 5.74) is 1.44. The molecule has 1 fully saturated rings. The van der Waals surface area contributed by atoms with Crippen LogP contribution in [0.25, 0.3) is 0 Å². The number of nitrogens with zero attached hydrogens (tertiary/aromatic N) is 4. The second-order valence-electron chi connectivity index (χ2n) is 10.1. The highest BCUT2D eigenvalue weighted by Gasteiger charge is 2.46. The average molecular weight is 481 g/mol. The van der Waals surface area contributed by atoms with E-state index in [1.165, 1.54) is 28.5 Å². The first-order valence-electron chi connectivity index (χ1n) is 12.4. The fourth-order valence-electron chi connectivity index (χ4n) is 4.79. The van der Waals surface area contributed by atoms with Gasteiger partial charge in [0.25, 0.3) is 11.8 Å². The highest BCUT2D eigenvalue weighted by Crippen LogP contribution is 2.27. The first kappa shape index (κ1) is 24.8. The number of anilines is 1. The summed E-state index contributed by atoms with van der Waals surface area (Å²) in [7, 11) is 5.59.